The van der Waals surface area contributed by atoms with Crippen LogP contribution in [-0.4, -0.2) is 18.7 Å². The predicted octanol–water partition coefficient (Wildman–Crippen LogP) is 3.94. The number of benzene rings is 1. The van der Waals surface area contributed by atoms with E-state index in [4.69, 9.17) is 15.2 Å². The number of ether oxygens (including phenoxy) is 2. The minimum atomic E-state index is 0.00492. The Labute approximate surface area is 129 Å². The average molecular weight is 306 g/mol. The van der Waals surface area contributed by atoms with E-state index >= 15 is 0 Å². The molecule has 2 rings (SSSR count). The Balaban J connectivity index is 2.37. The maximum atomic E-state index is 5.97. The molecular formula is C16H22N2O2S. The standard InChI is InChI=1S/C16H22N2O2S/c1-5-8-20-14-9-12(6-7-13(14)19-4)16-18-11(3)15(21-16)10(2)17/h6-7,9-10H,5,8,17H2,1-4H3. The smallest absolute Gasteiger partial charge is 0.161 e. The van der Waals surface area contributed by atoms with Crippen molar-refractivity contribution < 1.29 is 9.47 Å². The summed E-state index contributed by atoms with van der Waals surface area (Å²) in [6.07, 6.45) is 0.957. The summed E-state index contributed by atoms with van der Waals surface area (Å²) in [7, 11) is 1.65. The second-order valence-electron chi connectivity index (χ2n) is 4.97. The molecule has 0 aliphatic heterocycles. The fourth-order valence-corrected chi connectivity index (χ4v) is 3.10. The topological polar surface area (TPSA) is 57.4 Å². The van der Waals surface area contributed by atoms with Gasteiger partial charge in [0.15, 0.2) is 11.5 Å². The molecule has 114 valence electrons. The van der Waals surface area contributed by atoms with Crippen molar-refractivity contribution in [1.82, 2.24) is 4.98 Å². The van der Waals surface area contributed by atoms with Gasteiger partial charge in [0.05, 0.1) is 19.4 Å². The van der Waals surface area contributed by atoms with E-state index in [1.54, 1.807) is 18.4 Å². The first kappa shape index (κ1) is 15.8. The Morgan fingerprint density at radius 2 is 2.10 bits per heavy atom. The molecule has 0 saturated carbocycles. The molecule has 0 aliphatic rings. The van der Waals surface area contributed by atoms with E-state index in [2.05, 4.69) is 11.9 Å². The van der Waals surface area contributed by atoms with Gasteiger partial charge in [-0.3, -0.25) is 0 Å². The third-order valence-electron chi connectivity index (χ3n) is 3.12. The monoisotopic (exact) mass is 306 g/mol. The Hall–Kier alpha value is -1.59. The van der Waals surface area contributed by atoms with Gasteiger partial charge in [0.2, 0.25) is 0 Å². The molecule has 2 N–H and O–H groups in total. The van der Waals surface area contributed by atoms with Crippen LogP contribution in [0.4, 0.5) is 0 Å². The molecule has 0 radical (unpaired) electrons. The lowest BCUT2D eigenvalue weighted by molar-refractivity contribution is 0.294. The molecule has 1 aromatic carbocycles. The summed E-state index contributed by atoms with van der Waals surface area (Å²) in [6.45, 7) is 6.72. The quantitative estimate of drug-likeness (QED) is 0.878. The van der Waals surface area contributed by atoms with Crippen LogP contribution >= 0.6 is 11.3 Å². The van der Waals surface area contributed by atoms with Crippen LogP contribution in [0.15, 0.2) is 18.2 Å². The highest BCUT2D eigenvalue weighted by molar-refractivity contribution is 7.15. The van der Waals surface area contributed by atoms with Gasteiger partial charge in [0.1, 0.15) is 5.01 Å². The van der Waals surface area contributed by atoms with Crippen LogP contribution in [0.3, 0.4) is 0 Å². The zero-order valence-electron chi connectivity index (χ0n) is 13.0. The van der Waals surface area contributed by atoms with Crippen molar-refractivity contribution in [3.05, 3.63) is 28.8 Å². The van der Waals surface area contributed by atoms with E-state index < -0.39 is 0 Å². The zero-order chi connectivity index (χ0) is 15.4. The van der Waals surface area contributed by atoms with Crippen LogP contribution in [0.2, 0.25) is 0 Å². The highest BCUT2D eigenvalue weighted by Crippen LogP contribution is 2.36. The number of thiazole rings is 1. The molecule has 1 aromatic heterocycles. The number of hydrogen-bond acceptors (Lipinski definition) is 5. The van der Waals surface area contributed by atoms with E-state index in [9.17, 15) is 0 Å². The van der Waals surface area contributed by atoms with Gasteiger partial charge in [-0.25, -0.2) is 4.98 Å². The molecule has 0 amide bonds. The Morgan fingerprint density at radius 1 is 1.33 bits per heavy atom. The van der Waals surface area contributed by atoms with Crippen LogP contribution in [0.1, 0.15) is 36.9 Å². The highest BCUT2D eigenvalue weighted by Gasteiger charge is 2.14. The first-order valence-electron chi connectivity index (χ1n) is 7.11. The predicted molar refractivity (Wildman–Crippen MR) is 87.2 cm³/mol. The highest BCUT2D eigenvalue weighted by atomic mass is 32.1. The molecule has 2 aromatic rings. The van der Waals surface area contributed by atoms with Crippen molar-refractivity contribution in [2.75, 3.05) is 13.7 Å². The molecule has 1 heterocycles. The van der Waals surface area contributed by atoms with Crippen molar-refractivity contribution in [2.45, 2.75) is 33.2 Å². The second kappa shape index (κ2) is 6.91. The molecule has 0 saturated heterocycles. The molecule has 4 nitrogen and oxygen atoms in total. The number of nitrogens with zero attached hydrogens (tertiary/aromatic N) is 1. The van der Waals surface area contributed by atoms with Gasteiger partial charge in [-0.05, 0) is 38.5 Å². The molecule has 0 bridgehead atoms. The van der Waals surface area contributed by atoms with Gasteiger partial charge in [0, 0.05) is 16.5 Å². The molecular weight excluding hydrogens is 284 g/mol. The fraction of sp³-hybridized carbons (Fsp3) is 0.438. The van der Waals surface area contributed by atoms with E-state index in [-0.39, 0.29) is 6.04 Å². The average Bonchev–Trinajstić information content (AvgIpc) is 2.87. The lowest BCUT2D eigenvalue weighted by Gasteiger charge is -2.11. The van der Waals surface area contributed by atoms with Crippen LogP contribution in [0.5, 0.6) is 11.5 Å². The zero-order valence-corrected chi connectivity index (χ0v) is 13.8. The molecule has 0 spiro atoms. The lowest BCUT2D eigenvalue weighted by atomic mass is 10.2. The van der Waals surface area contributed by atoms with Gasteiger partial charge in [-0.1, -0.05) is 6.92 Å². The van der Waals surface area contributed by atoms with E-state index in [0.717, 1.165) is 39.1 Å². The molecule has 1 atom stereocenters. The Morgan fingerprint density at radius 3 is 2.67 bits per heavy atom. The minimum Gasteiger partial charge on any atom is -0.493 e. The largest absolute Gasteiger partial charge is 0.493 e. The summed E-state index contributed by atoms with van der Waals surface area (Å²) in [5.74, 6) is 1.50. The molecule has 0 fully saturated rings. The van der Waals surface area contributed by atoms with Crippen molar-refractivity contribution >= 4 is 11.3 Å². The molecule has 1 unspecified atom stereocenters. The second-order valence-corrected chi connectivity index (χ2v) is 6.00. The first-order chi connectivity index (χ1) is 10.1. The molecule has 0 aliphatic carbocycles. The van der Waals surface area contributed by atoms with Gasteiger partial charge in [0.25, 0.3) is 0 Å². The van der Waals surface area contributed by atoms with Crippen LogP contribution in [-0.2, 0) is 0 Å². The SMILES string of the molecule is CCCOc1cc(-c2nc(C)c(C(C)N)s2)ccc1OC. The van der Waals surface area contributed by atoms with Crippen molar-refractivity contribution in [3.8, 4) is 22.1 Å². The van der Waals surface area contributed by atoms with Crippen LogP contribution < -0.4 is 15.2 Å². The number of methoxy groups -OCH3 is 1. The minimum absolute atomic E-state index is 0.00492. The van der Waals surface area contributed by atoms with Crippen molar-refractivity contribution in [3.63, 3.8) is 0 Å². The molecule has 21 heavy (non-hydrogen) atoms. The third-order valence-corrected chi connectivity index (χ3v) is 4.53. The van der Waals surface area contributed by atoms with E-state index in [0.29, 0.717) is 6.61 Å². The van der Waals surface area contributed by atoms with E-state index in [1.807, 2.05) is 32.0 Å². The lowest BCUT2D eigenvalue weighted by Crippen LogP contribution is -2.03. The van der Waals surface area contributed by atoms with Gasteiger partial charge >= 0.3 is 0 Å². The number of aromatic nitrogens is 1. The Bertz CT molecular complexity index is 608. The van der Waals surface area contributed by atoms with Gasteiger partial charge in [-0.15, -0.1) is 11.3 Å². The first-order valence-corrected chi connectivity index (χ1v) is 7.92. The van der Waals surface area contributed by atoms with Gasteiger partial charge < -0.3 is 15.2 Å². The number of aryl methyl sites for hydroxylation is 1. The normalized spacial score (nSPS) is 12.2. The van der Waals surface area contributed by atoms with Crippen molar-refractivity contribution in [2.24, 2.45) is 5.73 Å². The summed E-state index contributed by atoms with van der Waals surface area (Å²) in [5, 5.41) is 0.962. The third kappa shape index (κ3) is 3.54. The summed E-state index contributed by atoms with van der Waals surface area (Å²) in [5.41, 5.74) is 8.00. The van der Waals surface area contributed by atoms with E-state index in [1.165, 1.54) is 0 Å². The summed E-state index contributed by atoms with van der Waals surface area (Å²) < 4.78 is 11.1. The summed E-state index contributed by atoms with van der Waals surface area (Å²) in [4.78, 5) is 5.74. The summed E-state index contributed by atoms with van der Waals surface area (Å²) in [6, 6.07) is 5.91. The van der Waals surface area contributed by atoms with Crippen LogP contribution in [0, 0.1) is 6.92 Å². The fourth-order valence-electron chi connectivity index (χ4n) is 2.09. The maximum absolute atomic E-state index is 5.97. The maximum Gasteiger partial charge on any atom is 0.161 e. The number of rotatable bonds is 6. The molecule has 5 heteroatoms. The number of hydrogen-bond donors (Lipinski definition) is 1. The summed E-state index contributed by atoms with van der Waals surface area (Å²) >= 11 is 1.63. The van der Waals surface area contributed by atoms with Gasteiger partial charge in [-0.2, -0.15) is 0 Å². The number of nitrogens with two attached hydrogens (primary N) is 1. The van der Waals surface area contributed by atoms with Crippen LogP contribution in [0.25, 0.3) is 10.6 Å². The Kier molecular flexibility index (Phi) is 5.20. The van der Waals surface area contributed by atoms with Crippen molar-refractivity contribution in [1.29, 1.82) is 0 Å².